The molecule has 2 aromatic heterocycles. The maximum atomic E-state index is 13.7. The SMILES string of the molecule is Cc1cccc(C)c1-c1cncc([C@H](CC(=O)O)NC(=O)[C@H](CC(C)C)n2ccc(CCN(C)C)cc2=O)c1. The highest BCUT2D eigenvalue weighted by molar-refractivity contribution is 5.82. The highest BCUT2D eigenvalue weighted by Crippen LogP contribution is 2.29. The summed E-state index contributed by atoms with van der Waals surface area (Å²) in [5.41, 5.74) is 5.31. The molecular weight excluding hydrogens is 492 g/mol. The average molecular weight is 533 g/mol. The predicted octanol–water partition coefficient (Wildman–Crippen LogP) is 4.55. The Labute approximate surface area is 230 Å². The summed E-state index contributed by atoms with van der Waals surface area (Å²) in [5.74, 6) is -1.30. The van der Waals surface area contributed by atoms with E-state index < -0.39 is 24.0 Å². The Bertz CT molecular complexity index is 1340. The number of amides is 1. The first-order valence-corrected chi connectivity index (χ1v) is 13.4. The molecule has 0 saturated heterocycles. The summed E-state index contributed by atoms with van der Waals surface area (Å²) in [6.45, 7) is 8.83. The second kappa shape index (κ2) is 13.3. The number of hydrogen-bond acceptors (Lipinski definition) is 5. The van der Waals surface area contributed by atoms with Gasteiger partial charge in [0.15, 0.2) is 0 Å². The maximum absolute atomic E-state index is 13.7. The van der Waals surface area contributed by atoms with Crippen LogP contribution in [0, 0.1) is 19.8 Å². The van der Waals surface area contributed by atoms with Crippen molar-refractivity contribution in [1.29, 1.82) is 0 Å². The number of carbonyl (C=O) groups is 2. The minimum absolute atomic E-state index is 0.132. The first-order valence-electron chi connectivity index (χ1n) is 13.4. The number of aromatic nitrogens is 2. The summed E-state index contributed by atoms with van der Waals surface area (Å²) in [6.07, 6.45) is 5.87. The first kappa shape index (κ1) is 29.8. The molecule has 8 nitrogen and oxygen atoms in total. The Morgan fingerprint density at radius 2 is 1.77 bits per heavy atom. The fourth-order valence-corrected chi connectivity index (χ4v) is 4.84. The normalized spacial score (nSPS) is 12.9. The van der Waals surface area contributed by atoms with E-state index in [2.05, 4.69) is 10.3 Å². The number of rotatable bonds is 12. The maximum Gasteiger partial charge on any atom is 0.305 e. The van der Waals surface area contributed by atoms with Crippen molar-refractivity contribution in [2.45, 2.75) is 59.0 Å². The van der Waals surface area contributed by atoms with Crippen molar-refractivity contribution in [1.82, 2.24) is 19.8 Å². The monoisotopic (exact) mass is 532 g/mol. The zero-order chi connectivity index (χ0) is 28.7. The second-order valence-corrected chi connectivity index (χ2v) is 10.9. The lowest BCUT2D eigenvalue weighted by molar-refractivity contribution is -0.138. The Balaban J connectivity index is 1.94. The second-order valence-electron chi connectivity index (χ2n) is 10.9. The summed E-state index contributed by atoms with van der Waals surface area (Å²) in [5, 5.41) is 12.6. The molecule has 0 bridgehead atoms. The van der Waals surface area contributed by atoms with Crippen LogP contribution in [0.1, 0.15) is 61.0 Å². The highest BCUT2D eigenvalue weighted by Gasteiger charge is 2.27. The van der Waals surface area contributed by atoms with Crippen LogP contribution in [0.5, 0.6) is 0 Å². The van der Waals surface area contributed by atoms with Crippen molar-refractivity contribution in [3.8, 4) is 11.1 Å². The summed E-state index contributed by atoms with van der Waals surface area (Å²) < 4.78 is 1.46. The van der Waals surface area contributed by atoms with E-state index in [1.54, 1.807) is 24.7 Å². The number of aryl methyl sites for hydroxylation is 2. The number of carbonyl (C=O) groups excluding carboxylic acids is 1. The third kappa shape index (κ3) is 8.10. The molecule has 0 aliphatic carbocycles. The van der Waals surface area contributed by atoms with E-state index in [0.29, 0.717) is 12.0 Å². The van der Waals surface area contributed by atoms with E-state index >= 15 is 0 Å². The van der Waals surface area contributed by atoms with Crippen LogP contribution >= 0.6 is 0 Å². The van der Waals surface area contributed by atoms with Gasteiger partial charge in [0.2, 0.25) is 5.91 Å². The molecule has 3 aromatic rings. The van der Waals surface area contributed by atoms with Crippen LogP contribution in [0.2, 0.25) is 0 Å². The molecule has 2 heterocycles. The Hall–Kier alpha value is -3.78. The van der Waals surface area contributed by atoms with Crippen molar-refractivity contribution >= 4 is 11.9 Å². The zero-order valence-corrected chi connectivity index (χ0v) is 23.8. The minimum atomic E-state index is -1.04. The van der Waals surface area contributed by atoms with Gasteiger partial charge in [0, 0.05) is 36.8 Å². The number of pyridine rings is 2. The highest BCUT2D eigenvalue weighted by atomic mass is 16.4. The number of likely N-dealkylation sites (N-methyl/N-ethyl adjacent to an activating group) is 1. The van der Waals surface area contributed by atoms with E-state index in [1.165, 1.54) is 4.57 Å². The van der Waals surface area contributed by atoms with E-state index in [4.69, 9.17) is 0 Å². The molecule has 2 atom stereocenters. The van der Waals surface area contributed by atoms with Crippen LogP contribution in [0.3, 0.4) is 0 Å². The van der Waals surface area contributed by atoms with E-state index in [9.17, 15) is 19.5 Å². The van der Waals surface area contributed by atoms with Gasteiger partial charge < -0.3 is 19.9 Å². The molecule has 8 heteroatoms. The molecule has 1 aromatic carbocycles. The summed E-state index contributed by atoms with van der Waals surface area (Å²) in [7, 11) is 3.95. The van der Waals surface area contributed by atoms with Crippen LogP contribution in [0.25, 0.3) is 11.1 Å². The smallest absolute Gasteiger partial charge is 0.305 e. The van der Waals surface area contributed by atoms with E-state index in [-0.39, 0.29) is 17.9 Å². The number of aliphatic carboxylic acids is 1. The fraction of sp³-hybridized carbons (Fsp3) is 0.419. The molecule has 208 valence electrons. The van der Waals surface area contributed by atoms with Crippen LogP contribution < -0.4 is 10.9 Å². The van der Waals surface area contributed by atoms with Gasteiger partial charge in [-0.15, -0.1) is 0 Å². The van der Waals surface area contributed by atoms with Crippen molar-refractivity contribution in [2.24, 2.45) is 5.92 Å². The van der Waals surface area contributed by atoms with Gasteiger partial charge in [-0.3, -0.25) is 19.4 Å². The van der Waals surface area contributed by atoms with E-state index in [1.807, 2.05) is 77.0 Å². The number of nitrogens with one attached hydrogen (secondary N) is 1. The quantitative estimate of drug-likeness (QED) is 0.355. The molecule has 2 N–H and O–H groups in total. The molecule has 1 amide bonds. The standard InChI is InChI=1S/C31H40N4O4/c1-20(2)14-27(35-13-11-23(15-28(35)36)10-12-34(5)6)31(39)33-26(17-29(37)38)24-16-25(19-32-18-24)30-21(3)8-7-9-22(30)4/h7-9,11,13,15-16,18-20,26-27H,10,12,14,17H2,1-6H3,(H,33,39)(H,37,38)/t26-,27-/m0/s1. The van der Waals surface area contributed by atoms with Gasteiger partial charge in [0.1, 0.15) is 6.04 Å². The third-order valence-corrected chi connectivity index (χ3v) is 6.82. The van der Waals surface area contributed by atoms with Gasteiger partial charge in [-0.05, 0) is 86.7 Å². The Morgan fingerprint density at radius 3 is 2.36 bits per heavy atom. The average Bonchev–Trinajstić information content (AvgIpc) is 2.85. The minimum Gasteiger partial charge on any atom is -0.481 e. The molecule has 39 heavy (non-hydrogen) atoms. The molecule has 0 saturated carbocycles. The molecule has 0 radical (unpaired) electrons. The lowest BCUT2D eigenvalue weighted by Crippen LogP contribution is -2.40. The van der Waals surface area contributed by atoms with Gasteiger partial charge in [0.25, 0.3) is 5.56 Å². The number of carboxylic acid groups (broad SMARTS) is 1. The summed E-state index contributed by atoms with van der Waals surface area (Å²) in [4.78, 5) is 45.0. The number of hydrogen-bond donors (Lipinski definition) is 2. The third-order valence-electron chi connectivity index (χ3n) is 6.82. The Morgan fingerprint density at radius 1 is 1.08 bits per heavy atom. The van der Waals surface area contributed by atoms with Crippen LogP contribution in [-0.2, 0) is 16.0 Å². The molecule has 0 aliphatic rings. The molecule has 0 aliphatic heterocycles. The molecule has 0 spiro atoms. The first-order chi connectivity index (χ1) is 18.5. The van der Waals surface area contributed by atoms with Crippen LogP contribution in [0.4, 0.5) is 0 Å². The lowest BCUT2D eigenvalue weighted by atomic mass is 9.94. The van der Waals surface area contributed by atoms with E-state index in [0.717, 1.165) is 40.8 Å². The van der Waals surface area contributed by atoms with Gasteiger partial charge in [-0.2, -0.15) is 0 Å². The number of nitrogens with zero attached hydrogens (tertiary/aromatic N) is 3. The van der Waals surface area contributed by atoms with Gasteiger partial charge in [-0.1, -0.05) is 32.0 Å². The lowest BCUT2D eigenvalue weighted by Gasteiger charge is -2.25. The van der Waals surface area contributed by atoms with Crippen molar-refractivity contribution in [2.75, 3.05) is 20.6 Å². The number of benzene rings is 1. The largest absolute Gasteiger partial charge is 0.481 e. The van der Waals surface area contributed by atoms with Crippen molar-refractivity contribution in [3.63, 3.8) is 0 Å². The van der Waals surface area contributed by atoms with Gasteiger partial charge in [-0.25, -0.2) is 0 Å². The topological polar surface area (TPSA) is 105 Å². The summed E-state index contributed by atoms with van der Waals surface area (Å²) in [6, 6.07) is 9.79. The van der Waals surface area contributed by atoms with Crippen molar-refractivity contribution in [3.05, 3.63) is 87.6 Å². The predicted molar refractivity (Wildman–Crippen MR) is 154 cm³/mol. The van der Waals surface area contributed by atoms with Crippen LogP contribution in [0.15, 0.2) is 59.8 Å². The fourth-order valence-electron chi connectivity index (χ4n) is 4.84. The Kier molecular flexibility index (Phi) is 10.2. The summed E-state index contributed by atoms with van der Waals surface area (Å²) >= 11 is 0. The number of carboxylic acids is 1. The van der Waals surface area contributed by atoms with Gasteiger partial charge >= 0.3 is 5.97 Å². The molecular formula is C31H40N4O4. The molecule has 3 rings (SSSR count). The van der Waals surface area contributed by atoms with Crippen molar-refractivity contribution < 1.29 is 14.7 Å². The molecule has 0 fully saturated rings. The van der Waals surface area contributed by atoms with Crippen LogP contribution in [-0.4, -0.2) is 52.1 Å². The van der Waals surface area contributed by atoms with Gasteiger partial charge in [0.05, 0.1) is 12.5 Å². The molecule has 0 unspecified atom stereocenters. The zero-order valence-electron chi connectivity index (χ0n) is 23.8.